The number of aliphatic hydroxyl groups is 1. The number of hydrogen-bond acceptors (Lipinski definition) is 6. The van der Waals surface area contributed by atoms with Gasteiger partial charge >= 0.3 is 7.60 Å². The molecule has 0 saturated heterocycles. The predicted octanol–water partition coefficient (Wildman–Crippen LogP) is 2.44. The van der Waals surface area contributed by atoms with E-state index in [4.69, 9.17) is 9.05 Å². The Morgan fingerprint density at radius 2 is 2.12 bits per heavy atom. The minimum absolute atomic E-state index is 0.0571. The summed E-state index contributed by atoms with van der Waals surface area (Å²) < 4.78 is 22.3. The monoisotopic (exact) mass is 265 g/mol. The van der Waals surface area contributed by atoms with E-state index in [2.05, 4.69) is 4.98 Å². The van der Waals surface area contributed by atoms with Gasteiger partial charge in [-0.1, -0.05) is 0 Å². The van der Waals surface area contributed by atoms with E-state index in [1.165, 1.54) is 11.3 Å². The van der Waals surface area contributed by atoms with Crippen LogP contribution in [0.25, 0.3) is 0 Å². The Bertz CT molecular complexity index is 333. The molecule has 1 atom stereocenters. The van der Waals surface area contributed by atoms with E-state index in [0.717, 1.165) is 0 Å². The van der Waals surface area contributed by atoms with Crippen molar-refractivity contribution in [1.29, 1.82) is 0 Å². The van der Waals surface area contributed by atoms with E-state index in [1.807, 2.05) is 0 Å². The van der Waals surface area contributed by atoms with Crippen LogP contribution in [0.4, 0.5) is 0 Å². The normalized spacial score (nSPS) is 13.9. The lowest BCUT2D eigenvalue weighted by Gasteiger charge is -2.19. The summed E-state index contributed by atoms with van der Waals surface area (Å²) in [5.41, 5.74) is 2.12. The Kier molecular flexibility index (Phi) is 5.58. The second-order valence-electron chi connectivity index (χ2n) is 3.06. The Labute approximate surface area is 99.0 Å². The van der Waals surface area contributed by atoms with Gasteiger partial charge in [0, 0.05) is 5.38 Å². The fraction of sp³-hybridized carbons (Fsp3) is 0.667. The molecule has 1 unspecified atom stereocenters. The number of rotatable bonds is 7. The molecule has 1 heterocycles. The zero-order chi connectivity index (χ0) is 12.0. The molecule has 1 aromatic heterocycles. The highest BCUT2D eigenvalue weighted by atomic mass is 32.1. The summed E-state index contributed by atoms with van der Waals surface area (Å²) in [6.07, 6.45) is -0.964. The van der Waals surface area contributed by atoms with Gasteiger partial charge < -0.3 is 14.2 Å². The molecule has 0 amide bonds. The summed E-state index contributed by atoms with van der Waals surface area (Å²) in [4.78, 5) is 3.96. The molecule has 92 valence electrons. The average molecular weight is 265 g/mol. The third-order valence-corrected chi connectivity index (χ3v) is 4.54. The van der Waals surface area contributed by atoms with Gasteiger partial charge in [0.15, 0.2) is 0 Å². The maximum Gasteiger partial charge on any atom is 0.333 e. The fourth-order valence-electron chi connectivity index (χ4n) is 1.23. The van der Waals surface area contributed by atoms with Crippen LogP contribution in [0.5, 0.6) is 0 Å². The van der Waals surface area contributed by atoms with Crippen LogP contribution in [0.3, 0.4) is 0 Å². The van der Waals surface area contributed by atoms with Crippen molar-refractivity contribution in [1.82, 2.24) is 4.98 Å². The molecule has 0 bridgehead atoms. The lowest BCUT2D eigenvalue weighted by Crippen LogP contribution is -2.09. The van der Waals surface area contributed by atoms with E-state index in [-0.39, 0.29) is 6.16 Å². The van der Waals surface area contributed by atoms with Gasteiger partial charge in [0.2, 0.25) is 0 Å². The third-order valence-electron chi connectivity index (χ3n) is 1.84. The molecular weight excluding hydrogens is 249 g/mol. The Morgan fingerprint density at radius 3 is 2.56 bits per heavy atom. The number of thiazole rings is 1. The maximum absolute atomic E-state index is 12.1. The molecule has 0 aromatic carbocycles. The first kappa shape index (κ1) is 13.8. The fourth-order valence-corrected chi connectivity index (χ4v) is 3.51. The molecule has 1 rings (SSSR count). The van der Waals surface area contributed by atoms with Crippen molar-refractivity contribution in [2.75, 3.05) is 19.4 Å². The first-order valence-corrected chi connectivity index (χ1v) is 7.72. The second-order valence-corrected chi connectivity index (χ2v) is 5.88. The summed E-state index contributed by atoms with van der Waals surface area (Å²) in [5.74, 6) is 0. The minimum atomic E-state index is -3.20. The molecule has 0 saturated carbocycles. The van der Waals surface area contributed by atoms with Crippen LogP contribution in [0.15, 0.2) is 10.9 Å². The highest BCUT2D eigenvalue weighted by molar-refractivity contribution is 7.53. The van der Waals surface area contributed by atoms with Gasteiger partial charge in [0.25, 0.3) is 0 Å². The number of nitrogens with zero attached hydrogens (tertiary/aromatic N) is 1. The molecule has 0 radical (unpaired) electrons. The van der Waals surface area contributed by atoms with Crippen LogP contribution in [0.1, 0.15) is 25.6 Å². The maximum atomic E-state index is 12.1. The van der Waals surface area contributed by atoms with Crippen molar-refractivity contribution in [3.8, 4) is 0 Å². The van der Waals surface area contributed by atoms with Gasteiger partial charge in [0.1, 0.15) is 6.10 Å². The standard InChI is InChI=1S/C9H16NO4PS/c1-3-13-15(12,14-4-2)5-9(11)8-6-16-7-10-8/h6-7,9,11H,3-5H2,1-2H3. The first-order valence-electron chi connectivity index (χ1n) is 5.05. The zero-order valence-electron chi connectivity index (χ0n) is 9.33. The average Bonchev–Trinajstić information content (AvgIpc) is 2.70. The van der Waals surface area contributed by atoms with E-state index < -0.39 is 13.7 Å². The molecule has 0 fully saturated rings. The van der Waals surface area contributed by atoms with E-state index in [1.54, 1.807) is 24.7 Å². The summed E-state index contributed by atoms with van der Waals surface area (Å²) in [6, 6.07) is 0. The summed E-state index contributed by atoms with van der Waals surface area (Å²) >= 11 is 1.38. The van der Waals surface area contributed by atoms with Crippen molar-refractivity contribution in [2.45, 2.75) is 20.0 Å². The predicted molar refractivity (Wildman–Crippen MR) is 62.8 cm³/mol. The van der Waals surface area contributed by atoms with Crippen molar-refractivity contribution in [3.63, 3.8) is 0 Å². The van der Waals surface area contributed by atoms with Gasteiger partial charge in [0.05, 0.1) is 30.6 Å². The third kappa shape index (κ3) is 3.96. The Morgan fingerprint density at radius 1 is 1.50 bits per heavy atom. The van der Waals surface area contributed by atoms with Crippen LogP contribution in [0.2, 0.25) is 0 Å². The summed E-state index contributed by atoms with van der Waals surface area (Å²) in [6.45, 7) is 4.06. The van der Waals surface area contributed by atoms with Gasteiger partial charge in [-0.25, -0.2) is 4.98 Å². The van der Waals surface area contributed by atoms with Gasteiger partial charge in [-0.2, -0.15) is 0 Å². The minimum Gasteiger partial charge on any atom is -0.386 e. The van der Waals surface area contributed by atoms with Crippen molar-refractivity contribution in [3.05, 3.63) is 16.6 Å². The van der Waals surface area contributed by atoms with Crippen molar-refractivity contribution in [2.24, 2.45) is 0 Å². The lowest BCUT2D eigenvalue weighted by molar-refractivity contribution is 0.168. The smallest absolute Gasteiger partial charge is 0.333 e. The highest BCUT2D eigenvalue weighted by Crippen LogP contribution is 2.50. The number of hydrogen-bond donors (Lipinski definition) is 1. The largest absolute Gasteiger partial charge is 0.386 e. The SMILES string of the molecule is CCOP(=O)(CC(O)c1cscn1)OCC. The molecule has 1 N–H and O–H groups in total. The quantitative estimate of drug-likeness (QED) is 0.767. The van der Waals surface area contributed by atoms with E-state index in [9.17, 15) is 9.67 Å². The van der Waals surface area contributed by atoms with E-state index in [0.29, 0.717) is 18.9 Å². The first-order chi connectivity index (χ1) is 7.61. The summed E-state index contributed by atoms with van der Waals surface area (Å²) in [7, 11) is -3.20. The Balaban J connectivity index is 2.64. The van der Waals surface area contributed by atoms with Gasteiger partial charge in [-0.05, 0) is 13.8 Å². The number of aromatic nitrogens is 1. The zero-order valence-corrected chi connectivity index (χ0v) is 11.0. The molecule has 5 nitrogen and oxygen atoms in total. The second kappa shape index (κ2) is 6.47. The van der Waals surface area contributed by atoms with Crippen LogP contribution in [0, 0.1) is 0 Å². The molecule has 0 spiro atoms. The molecular formula is C9H16NO4PS. The van der Waals surface area contributed by atoms with Crippen LogP contribution >= 0.6 is 18.9 Å². The van der Waals surface area contributed by atoms with Crippen LogP contribution in [-0.2, 0) is 13.6 Å². The highest BCUT2D eigenvalue weighted by Gasteiger charge is 2.29. The van der Waals surface area contributed by atoms with Crippen molar-refractivity contribution < 1.29 is 18.7 Å². The van der Waals surface area contributed by atoms with Crippen LogP contribution in [-0.4, -0.2) is 29.5 Å². The Hall–Kier alpha value is -0.260. The van der Waals surface area contributed by atoms with Crippen LogP contribution < -0.4 is 0 Å². The molecule has 0 aliphatic rings. The molecule has 1 aromatic rings. The lowest BCUT2D eigenvalue weighted by atomic mass is 10.3. The molecule has 16 heavy (non-hydrogen) atoms. The van der Waals surface area contributed by atoms with Gasteiger partial charge in [-0.15, -0.1) is 11.3 Å². The molecule has 0 aliphatic heterocycles. The number of aliphatic hydroxyl groups excluding tert-OH is 1. The topological polar surface area (TPSA) is 68.7 Å². The van der Waals surface area contributed by atoms with Gasteiger partial charge in [-0.3, -0.25) is 4.57 Å². The molecule has 7 heteroatoms. The van der Waals surface area contributed by atoms with Crippen molar-refractivity contribution >= 4 is 18.9 Å². The molecule has 0 aliphatic carbocycles. The summed E-state index contributed by atoms with van der Waals surface area (Å²) in [5, 5.41) is 11.5. The van der Waals surface area contributed by atoms with E-state index >= 15 is 0 Å².